The molecule has 2 N–H and O–H groups in total. The lowest BCUT2D eigenvalue weighted by atomic mass is 10.0. The standard InChI is InChI=1S/C29H33N5O2/c35-24-11-15-33(16-12-24)29(36)28-25-20-32(19-23-18-22-8-4-5-9-26(22)30-23)14-13-27(25)34(31-28)17-10-21-6-2-1-3-7-21/h1-9,18,24,30,35H,10-17,19-20H2. The summed E-state index contributed by atoms with van der Waals surface area (Å²) in [4.78, 5) is 21.4. The highest BCUT2D eigenvalue weighted by atomic mass is 16.3. The van der Waals surface area contributed by atoms with Crippen molar-refractivity contribution in [3.05, 3.63) is 88.9 Å². The van der Waals surface area contributed by atoms with Crippen LogP contribution in [-0.4, -0.2) is 61.3 Å². The van der Waals surface area contributed by atoms with Crippen molar-refractivity contribution < 1.29 is 9.90 Å². The van der Waals surface area contributed by atoms with E-state index in [1.54, 1.807) is 0 Å². The second-order valence-electron chi connectivity index (χ2n) is 10.1. The molecule has 186 valence electrons. The first-order valence-corrected chi connectivity index (χ1v) is 13.0. The topological polar surface area (TPSA) is 77.4 Å². The van der Waals surface area contributed by atoms with Crippen LogP contribution in [0.25, 0.3) is 10.9 Å². The molecule has 0 spiro atoms. The third-order valence-electron chi connectivity index (χ3n) is 7.60. The fourth-order valence-corrected chi connectivity index (χ4v) is 5.60. The van der Waals surface area contributed by atoms with Crippen LogP contribution >= 0.6 is 0 Å². The average molecular weight is 484 g/mol. The number of aliphatic hydroxyl groups is 1. The minimum absolute atomic E-state index is 0.00377. The molecule has 0 unspecified atom stereocenters. The van der Waals surface area contributed by atoms with Gasteiger partial charge in [-0.2, -0.15) is 5.10 Å². The van der Waals surface area contributed by atoms with E-state index >= 15 is 0 Å². The number of aromatic nitrogens is 3. The summed E-state index contributed by atoms with van der Waals surface area (Å²) < 4.78 is 2.08. The van der Waals surface area contributed by atoms with Crippen LogP contribution in [0.1, 0.15) is 45.8 Å². The van der Waals surface area contributed by atoms with Crippen molar-refractivity contribution in [2.45, 2.75) is 51.4 Å². The second kappa shape index (κ2) is 9.91. The SMILES string of the molecule is O=C(c1nn(CCc2ccccc2)c2c1CN(Cc1cc3ccccc3[nH]1)CC2)N1CCC(O)CC1. The number of rotatable bonds is 6. The van der Waals surface area contributed by atoms with Gasteiger partial charge >= 0.3 is 0 Å². The van der Waals surface area contributed by atoms with Crippen LogP contribution in [0.15, 0.2) is 60.7 Å². The highest BCUT2D eigenvalue weighted by Crippen LogP contribution is 2.27. The van der Waals surface area contributed by atoms with E-state index in [0.29, 0.717) is 38.2 Å². The molecule has 36 heavy (non-hydrogen) atoms. The number of hydrogen-bond donors (Lipinski definition) is 2. The van der Waals surface area contributed by atoms with Gasteiger partial charge in [-0.3, -0.25) is 14.4 Å². The van der Waals surface area contributed by atoms with E-state index in [0.717, 1.165) is 43.6 Å². The predicted octanol–water partition coefficient (Wildman–Crippen LogP) is 3.76. The normalized spacial score (nSPS) is 17.0. The molecule has 4 aromatic rings. The lowest BCUT2D eigenvalue weighted by Crippen LogP contribution is -2.41. The zero-order valence-corrected chi connectivity index (χ0v) is 20.6. The number of H-pyrrole nitrogens is 1. The van der Waals surface area contributed by atoms with Crippen molar-refractivity contribution in [3.8, 4) is 0 Å². The molecule has 0 aliphatic carbocycles. The zero-order valence-electron chi connectivity index (χ0n) is 20.6. The number of nitrogens with zero attached hydrogens (tertiary/aromatic N) is 4. The molecule has 1 saturated heterocycles. The second-order valence-corrected chi connectivity index (χ2v) is 10.1. The smallest absolute Gasteiger partial charge is 0.274 e. The molecule has 0 atom stereocenters. The maximum Gasteiger partial charge on any atom is 0.274 e. The molecular formula is C29H33N5O2. The molecule has 6 rings (SSSR count). The summed E-state index contributed by atoms with van der Waals surface area (Å²) in [6.07, 6.45) is 2.73. The Hall–Kier alpha value is -3.42. The molecule has 4 heterocycles. The number of aliphatic hydroxyl groups excluding tert-OH is 1. The molecule has 2 aromatic heterocycles. The number of carbonyl (C=O) groups is 1. The highest BCUT2D eigenvalue weighted by Gasteiger charge is 2.32. The lowest BCUT2D eigenvalue weighted by molar-refractivity contribution is 0.0538. The third-order valence-corrected chi connectivity index (χ3v) is 7.60. The van der Waals surface area contributed by atoms with Crippen molar-refractivity contribution in [1.82, 2.24) is 24.6 Å². The number of likely N-dealkylation sites (tertiary alicyclic amines) is 1. The van der Waals surface area contributed by atoms with Crippen molar-refractivity contribution in [2.75, 3.05) is 19.6 Å². The Balaban J connectivity index is 1.25. The summed E-state index contributed by atoms with van der Waals surface area (Å²) in [5.74, 6) is 0.00377. The van der Waals surface area contributed by atoms with Crippen LogP contribution < -0.4 is 0 Å². The third kappa shape index (κ3) is 4.68. The molecule has 0 bridgehead atoms. The van der Waals surface area contributed by atoms with E-state index < -0.39 is 0 Å². The van der Waals surface area contributed by atoms with Crippen molar-refractivity contribution in [1.29, 1.82) is 0 Å². The predicted molar refractivity (Wildman–Crippen MR) is 140 cm³/mol. The van der Waals surface area contributed by atoms with Gasteiger partial charge in [-0.05, 0) is 42.3 Å². The van der Waals surface area contributed by atoms with E-state index in [1.807, 2.05) is 11.0 Å². The monoisotopic (exact) mass is 483 g/mol. The molecule has 0 radical (unpaired) electrons. The summed E-state index contributed by atoms with van der Waals surface area (Å²) >= 11 is 0. The van der Waals surface area contributed by atoms with Crippen molar-refractivity contribution in [2.24, 2.45) is 0 Å². The van der Waals surface area contributed by atoms with Gasteiger partial charge < -0.3 is 15.0 Å². The van der Waals surface area contributed by atoms with Crippen molar-refractivity contribution >= 4 is 16.8 Å². The molecule has 2 aliphatic rings. The number of amides is 1. The Morgan fingerprint density at radius 1 is 1.03 bits per heavy atom. The van der Waals surface area contributed by atoms with Crippen LogP contribution in [0.2, 0.25) is 0 Å². The maximum absolute atomic E-state index is 13.6. The Labute approximate surface area is 211 Å². The molecule has 7 nitrogen and oxygen atoms in total. The summed E-state index contributed by atoms with van der Waals surface area (Å²) in [5.41, 5.74) is 6.48. The van der Waals surface area contributed by atoms with E-state index in [-0.39, 0.29) is 12.0 Å². The van der Waals surface area contributed by atoms with Crippen LogP contribution in [0, 0.1) is 0 Å². The molecule has 1 fully saturated rings. The van der Waals surface area contributed by atoms with Crippen molar-refractivity contribution in [3.63, 3.8) is 0 Å². The number of benzene rings is 2. The number of piperidine rings is 1. The number of fused-ring (bicyclic) bond motifs is 2. The largest absolute Gasteiger partial charge is 0.393 e. The minimum Gasteiger partial charge on any atom is -0.393 e. The van der Waals surface area contributed by atoms with Gasteiger partial charge in [0.05, 0.1) is 6.10 Å². The number of carbonyl (C=O) groups excluding carboxylic acids is 1. The van der Waals surface area contributed by atoms with Gasteiger partial charge in [0.2, 0.25) is 0 Å². The van der Waals surface area contributed by atoms with Crippen LogP contribution in [0.5, 0.6) is 0 Å². The molecule has 0 saturated carbocycles. The molecule has 1 amide bonds. The Bertz CT molecular complexity index is 1320. The van der Waals surface area contributed by atoms with E-state index in [2.05, 4.69) is 69.2 Å². The Morgan fingerprint density at radius 3 is 2.61 bits per heavy atom. The van der Waals surface area contributed by atoms with E-state index in [4.69, 9.17) is 5.10 Å². The number of nitrogens with one attached hydrogen (secondary N) is 1. The van der Waals surface area contributed by atoms with Crippen LogP contribution in [0.3, 0.4) is 0 Å². The molecular weight excluding hydrogens is 450 g/mol. The molecule has 2 aliphatic heterocycles. The zero-order chi connectivity index (χ0) is 24.5. The first-order chi connectivity index (χ1) is 17.6. The van der Waals surface area contributed by atoms with E-state index in [9.17, 15) is 9.90 Å². The van der Waals surface area contributed by atoms with Gasteiger partial charge in [0, 0.05) is 68.2 Å². The summed E-state index contributed by atoms with van der Waals surface area (Å²) in [5, 5.41) is 16.0. The number of aromatic amines is 1. The average Bonchev–Trinajstić information content (AvgIpc) is 3.48. The maximum atomic E-state index is 13.6. The summed E-state index contributed by atoms with van der Waals surface area (Å²) in [6, 6.07) is 21.0. The Morgan fingerprint density at radius 2 is 1.81 bits per heavy atom. The number of para-hydroxylation sites is 1. The van der Waals surface area contributed by atoms with Gasteiger partial charge in [-0.15, -0.1) is 0 Å². The molecule has 2 aromatic carbocycles. The fourth-order valence-electron chi connectivity index (χ4n) is 5.60. The van der Waals surface area contributed by atoms with Crippen LogP contribution in [-0.2, 0) is 32.5 Å². The first kappa shape index (κ1) is 23.0. The van der Waals surface area contributed by atoms with E-state index in [1.165, 1.54) is 22.3 Å². The summed E-state index contributed by atoms with van der Waals surface area (Å²) in [6.45, 7) is 4.40. The Kier molecular flexibility index (Phi) is 6.34. The van der Waals surface area contributed by atoms with Gasteiger partial charge in [0.1, 0.15) is 0 Å². The minimum atomic E-state index is -0.307. The highest BCUT2D eigenvalue weighted by molar-refractivity contribution is 5.94. The van der Waals surface area contributed by atoms with Crippen LogP contribution in [0.4, 0.5) is 0 Å². The fraction of sp³-hybridized carbons (Fsp3) is 0.379. The lowest BCUT2D eigenvalue weighted by Gasteiger charge is -2.30. The number of aryl methyl sites for hydroxylation is 2. The van der Waals surface area contributed by atoms with Gasteiger partial charge in [-0.25, -0.2) is 0 Å². The molecule has 7 heteroatoms. The summed E-state index contributed by atoms with van der Waals surface area (Å²) in [7, 11) is 0. The van der Waals surface area contributed by atoms with Gasteiger partial charge in [0.15, 0.2) is 5.69 Å². The number of hydrogen-bond acceptors (Lipinski definition) is 4. The van der Waals surface area contributed by atoms with Gasteiger partial charge in [0.25, 0.3) is 5.91 Å². The quantitative estimate of drug-likeness (QED) is 0.438. The first-order valence-electron chi connectivity index (χ1n) is 13.0. The van der Waals surface area contributed by atoms with Gasteiger partial charge in [-0.1, -0.05) is 48.5 Å².